The molecule has 1 aromatic carbocycles. The molecule has 2 rings (SSSR count). The molecule has 1 aliphatic carbocycles. The second-order valence-electron chi connectivity index (χ2n) is 11.4. The number of rotatable bonds is 9. The standard InChI is InChI=1S/C28H45N3O5/c1-8-28(6,7)31(25(34)22(18-32)30-26(35)36-27(3,4)5)23(21-17-13-12-14-19(21)2)24(33)29-20-15-10-9-11-16-20/h12-14,17,20,22-23,32H,8-11,15-16,18H2,1-7H3,(H,29,33)(H,30,35). The second-order valence-corrected chi connectivity index (χ2v) is 11.4. The van der Waals surface area contributed by atoms with Crippen molar-refractivity contribution in [2.24, 2.45) is 0 Å². The van der Waals surface area contributed by atoms with Gasteiger partial charge >= 0.3 is 6.09 Å². The molecule has 1 aromatic rings. The fraction of sp³-hybridized carbons (Fsp3) is 0.679. The van der Waals surface area contributed by atoms with Gasteiger partial charge in [0.25, 0.3) is 0 Å². The molecule has 3 N–H and O–H groups in total. The van der Waals surface area contributed by atoms with Crippen LogP contribution in [-0.4, -0.2) is 57.7 Å². The predicted octanol–water partition coefficient (Wildman–Crippen LogP) is 4.39. The summed E-state index contributed by atoms with van der Waals surface area (Å²) in [7, 11) is 0. The molecule has 0 aliphatic heterocycles. The van der Waals surface area contributed by atoms with Gasteiger partial charge in [-0.1, -0.05) is 50.5 Å². The van der Waals surface area contributed by atoms with Crippen LogP contribution in [0.15, 0.2) is 24.3 Å². The zero-order chi connectivity index (χ0) is 27.1. The molecule has 8 nitrogen and oxygen atoms in total. The molecule has 2 atom stereocenters. The summed E-state index contributed by atoms with van der Waals surface area (Å²) in [5.74, 6) is -0.790. The predicted molar refractivity (Wildman–Crippen MR) is 140 cm³/mol. The number of aliphatic hydroxyl groups is 1. The van der Waals surface area contributed by atoms with Crippen LogP contribution >= 0.6 is 0 Å². The van der Waals surface area contributed by atoms with Crippen molar-refractivity contribution in [3.8, 4) is 0 Å². The molecular weight excluding hydrogens is 458 g/mol. The fourth-order valence-electron chi connectivity index (χ4n) is 4.57. The van der Waals surface area contributed by atoms with Gasteiger partial charge in [0.05, 0.1) is 6.61 Å². The first-order chi connectivity index (χ1) is 16.8. The van der Waals surface area contributed by atoms with Crippen molar-refractivity contribution >= 4 is 17.9 Å². The van der Waals surface area contributed by atoms with Gasteiger partial charge in [0.2, 0.25) is 11.8 Å². The van der Waals surface area contributed by atoms with Crippen LogP contribution < -0.4 is 10.6 Å². The van der Waals surface area contributed by atoms with Crippen molar-refractivity contribution in [3.05, 3.63) is 35.4 Å². The molecule has 0 heterocycles. The normalized spacial score (nSPS) is 16.6. The summed E-state index contributed by atoms with van der Waals surface area (Å²) in [5.41, 5.74) is 0.0806. The lowest BCUT2D eigenvalue weighted by atomic mass is 9.89. The van der Waals surface area contributed by atoms with Crippen LogP contribution in [0.1, 0.15) is 97.2 Å². The molecule has 1 fully saturated rings. The Hall–Kier alpha value is -2.61. The zero-order valence-corrected chi connectivity index (χ0v) is 23.0. The van der Waals surface area contributed by atoms with E-state index in [0.29, 0.717) is 6.42 Å². The Kier molecular flexibility index (Phi) is 10.3. The lowest BCUT2D eigenvalue weighted by Gasteiger charge is -2.45. The molecular formula is C28H45N3O5. The largest absolute Gasteiger partial charge is 0.444 e. The van der Waals surface area contributed by atoms with Crippen LogP contribution in [-0.2, 0) is 14.3 Å². The number of aliphatic hydroxyl groups excluding tert-OH is 1. The number of carbonyl (C=O) groups excluding carboxylic acids is 3. The number of carbonyl (C=O) groups is 3. The molecule has 2 unspecified atom stereocenters. The lowest BCUT2D eigenvalue weighted by Crippen LogP contribution is -2.60. The van der Waals surface area contributed by atoms with Crippen LogP contribution in [0.25, 0.3) is 0 Å². The Labute approximate surface area is 216 Å². The molecule has 0 saturated heterocycles. The van der Waals surface area contributed by atoms with Crippen LogP contribution in [0, 0.1) is 6.92 Å². The summed E-state index contributed by atoms with van der Waals surface area (Å²) < 4.78 is 5.31. The van der Waals surface area contributed by atoms with E-state index in [1.807, 2.05) is 52.0 Å². The highest BCUT2D eigenvalue weighted by Gasteiger charge is 2.43. The molecule has 202 valence electrons. The number of nitrogens with zero attached hydrogens (tertiary/aromatic N) is 1. The van der Waals surface area contributed by atoms with Crippen LogP contribution in [0.5, 0.6) is 0 Å². The molecule has 1 saturated carbocycles. The maximum Gasteiger partial charge on any atom is 0.408 e. The van der Waals surface area contributed by atoms with E-state index in [0.717, 1.165) is 43.2 Å². The molecule has 8 heteroatoms. The van der Waals surface area contributed by atoms with Crippen molar-refractivity contribution in [2.45, 2.75) is 116 Å². The van der Waals surface area contributed by atoms with Crippen LogP contribution in [0.4, 0.5) is 4.79 Å². The van der Waals surface area contributed by atoms with Gasteiger partial charge < -0.3 is 25.4 Å². The van der Waals surface area contributed by atoms with Crippen molar-refractivity contribution in [3.63, 3.8) is 0 Å². The van der Waals surface area contributed by atoms with Crippen LogP contribution in [0.2, 0.25) is 0 Å². The minimum absolute atomic E-state index is 0.0630. The molecule has 0 radical (unpaired) electrons. The molecule has 0 spiro atoms. The van der Waals surface area contributed by atoms with Gasteiger partial charge in [0.15, 0.2) is 0 Å². The number of alkyl carbamates (subject to hydrolysis) is 1. The monoisotopic (exact) mass is 503 g/mol. The summed E-state index contributed by atoms with van der Waals surface area (Å²) in [5, 5.41) is 15.8. The third kappa shape index (κ3) is 7.95. The number of nitrogens with one attached hydrogen (secondary N) is 2. The van der Waals surface area contributed by atoms with Gasteiger partial charge in [-0.05, 0) is 71.9 Å². The first kappa shape index (κ1) is 29.6. The van der Waals surface area contributed by atoms with Gasteiger partial charge in [0, 0.05) is 11.6 Å². The van der Waals surface area contributed by atoms with Gasteiger partial charge in [0.1, 0.15) is 17.7 Å². The number of benzene rings is 1. The topological polar surface area (TPSA) is 108 Å². The third-order valence-electron chi connectivity index (χ3n) is 6.87. The van der Waals surface area contributed by atoms with E-state index in [-0.39, 0.29) is 11.9 Å². The Bertz CT molecular complexity index is 903. The average molecular weight is 504 g/mol. The van der Waals surface area contributed by atoms with Crippen molar-refractivity contribution in [1.29, 1.82) is 0 Å². The molecule has 0 bridgehead atoms. The van der Waals surface area contributed by atoms with E-state index in [9.17, 15) is 19.5 Å². The Morgan fingerprint density at radius 2 is 1.69 bits per heavy atom. The maximum absolute atomic E-state index is 14.0. The highest BCUT2D eigenvalue weighted by molar-refractivity contribution is 5.93. The zero-order valence-electron chi connectivity index (χ0n) is 23.0. The van der Waals surface area contributed by atoms with Gasteiger partial charge in [-0.2, -0.15) is 0 Å². The SMILES string of the molecule is CCC(C)(C)N(C(=O)C(CO)NC(=O)OC(C)(C)C)C(C(=O)NC1CCCCC1)c1ccccc1C. The summed E-state index contributed by atoms with van der Waals surface area (Å²) >= 11 is 0. The number of hydrogen-bond donors (Lipinski definition) is 3. The van der Waals surface area contributed by atoms with E-state index in [1.165, 1.54) is 4.90 Å². The van der Waals surface area contributed by atoms with Crippen molar-refractivity contribution in [1.82, 2.24) is 15.5 Å². The lowest BCUT2D eigenvalue weighted by molar-refractivity contribution is -0.150. The summed E-state index contributed by atoms with van der Waals surface area (Å²) in [4.78, 5) is 41.9. The summed E-state index contributed by atoms with van der Waals surface area (Å²) in [6, 6.07) is 5.40. The molecule has 1 aliphatic rings. The number of aryl methyl sites for hydroxylation is 1. The summed E-state index contributed by atoms with van der Waals surface area (Å²) in [6.45, 7) is 12.2. The minimum atomic E-state index is -1.26. The molecule has 36 heavy (non-hydrogen) atoms. The fourth-order valence-corrected chi connectivity index (χ4v) is 4.57. The first-order valence-electron chi connectivity index (χ1n) is 13.1. The average Bonchev–Trinajstić information content (AvgIpc) is 2.80. The summed E-state index contributed by atoms with van der Waals surface area (Å²) in [6.07, 6.45) is 4.87. The quantitative estimate of drug-likeness (QED) is 0.463. The minimum Gasteiger partial charge on any atom is -0.444 e. The van der Waals surface area contributed by atoms with Gasteiger partial charge in [-0.3, -0.25) is 9.59 Å². The maximum atomic E-state index is 14.0. The highest BCUT2D eigenvalue weighted by Crippen LogP contribution is 2.34. The van der Waals surface area contributed by atoms with E-state index >= 15 is 0 Å². The smallest absolute Gasteiger partial charge is 0.408 e. The van der Waals surface area contributed by atoms with Gasteiger partial charge in [-0.15, -0.1) is 0 Å². The van der Waals surface area contributed by atoms with E-state index in [2.05, 4.69) is 10.6 Å². The molecule has 0 aromatic heterocycles. The van der Waals surface area contributed by atoms with E-state index in [4.69, 9.17) is 4.74 Å². The van der Waals surface area contributed by atoms with E-state index < -0.39 is 41.8 Å². The number of ether oxygens (including phenoxy) is 1. The highest BCUT2D eigenvalue weighted by atomic mass is 16.6. The van der Waals surface area contributed by atoms with Crippen molar-refractivity contribution in [2.75, 3.05) is 6.61 Å². The van der Waals surface area contributed by atoms with Crippen LogP contribution in [0.3, 0.4) is 0 Å². The van der Waals surface area contributed by atoms with Gasteiger partial charge in [-0.25, -0.2) is 4.79 Å². The molecule has 3 amide bonds. The third-order valence-corrected chi connectivity index (χ3v) is 6.87. The number of amides is 3. The second kappa shape index (κ2) is 12.6. The number of hydrogen-bond acceptors (Lipinski definition) is 5. The van der Waals surface area contributed by atoms with Crippen molar-refractivity contribution < 1.29 is 24.2 Å². The Balaban J connectivity index is 2.51. The Morgan fingerprint density at radius 1 is 1.08 bits per heavy atom. The Morgan fingerprint density at radius 3 is 2.22 bits per heavy atom. The van der Waals surface area contributed by atoms with E-state index in [1.54, 1.807) is 20.8 Å². The first-order valence-corrected chi connectivity index (χ1v) is 13.1.